The predicted octanol–water partition coefficient (Wildman–Crippen LogP) is 5.35. The molecule has 0 fully saturated rings. The SMILES string of the molecule is COc1cc2c(OC(C)=O)c(C)n(Cc3cccc(Br)c3)c2cc1Cl. The number of esters is 1. The number of rotatable bonds is 4. The van der Waals surface area contributed by atoms with Crippen LogP contribution >= 0.6 is 27.5 Å². The Bertz CT molecular complexity index is 965. The lowest BCUT2D eigenvalue weighted by molar-refractivity contribution is -0.131. The van der Waals surface area contributed by atoms with Gasteiger partial charge < -0.3 is 14.0 Å². The van der Waals surface area contributed by atoms with Gasteiger partial charge in [0.05, 0.1) is 23.3 Å². The topological polar surface area (TPSA) is 40.5 Å². The molecule has 0 saturated carbocycles. The number of hydrogen-bond donors (Lipinski definition) is 0. The van der Waals surface area contributed by atoms with E-state index in [2.05, 4.69) is 26.6 Å². The molecule has 0 aliphatic rings. The minimum Gasteiger partial charge on any atom is -0.495 e. The van der Waals surface area contributed by atoms with Gasteiger partial charge in [-0.25, -0.2) is 0 Å². The summed E-state index contributed by atoms with van der Waals surface area (Å²) >= 11 is 9.81. The molecule has 0 aliphatic carbocycles. The first-order valence-electron chi connectivity index (χ1n) is 7.70. The lowest BCUT2D eigenvalue weighted by Gasteiger charge is -2.10. The molecular formula is C19H17BrClNO3. The Balaban J connectivity index is 2.21. The van der Waals surface area contributed by atoms with E-state index in [9.17, 15) is 4.79 Å². The van der Waals surface area contributed by atoms with Gasteiger partial charge in [-0.05, 0) is 36.8 Å². The van der Waals surface area contributed by atoms with Gasteiger partial charge in [0.2, 0.25) is 0 Å². The average molecular weight is 423 g/mol. The smallest absolute Gasteiger partial charge is 0.308 e. The molecule has 0 saturated heterocycles. The number of hydrogen-bond acceptors (Lipinski definition) is 3. The van der Waals surface area contributed by atoms with Crippen LogP contribution in [0.3, 0.4) is 0 Å². The van der Waals surface area contributed by atoms with E-state index in [4.69, 9.17) is 21.1 Å². The van der Waals surface area contributed by atoms with Crippen LogP contribution in [0.4, 0.5) is 0 Å². The van der Waals surface area contributed by atoms with Crippen molar-refractivity contribution in [3.63, 3.8) is 0 Å². The fourth-order valence-electron chi connectivity index (χ4n) is 2.90. The van der Waals surface area contributed by atoms with E-state index in [1.165, 1.54) is 6.92 Å². The highest BCUT2D eigenvalue weighted by molar-refractivity contribution is 9.10. The average Bonchev–Trinajstić information content (AvgIpc) is 2.79. The maximum absolute atomic E-state index is 11.5. The van der Waals surface area contributed by atoms with Gasteiger partial charge in [0, 0.05) is 23.3 Å². The van der Waals surface area contributed by atoms with Crippen molar-refractivity contribution < 1.29 is 14.3 Å². The van der Waals surface area contributed by atoms with Gasteiger partial charge in [-0.1, -0.05) is 39.7 Å². The number of methoxy groups -OCH3 is 1. The molecule has 130 valence electrons. The molecule has 1 aromatic heterocycles. The molecule has 1 heterocycles. The van der Waals surface area contributed by atoms with Crippen molar-refractivity contribution >= 4 is 44.4 Å². The Labute approximate surface area is 159 Å². The lowest BCUT2D eigenvalue weighted by atomic mass is 10.2. The minimum absolute atomic E-state index is 0.362. The summed E-state index contributed by atoms with van der Waals surface area (Å²) in [5.74, 6) is 0.716. The van der Waals surface area contributed by atoms with Gasteiger partial charge in [0.15, 0.2) is 5.75 Å². The van der Waals surface area contributed by atoms with E-state index in [0.29, 0.717) is 23.1 Å². The molecule has 0 radical (unpaired) electrons. The second-order valence-electron chi connectivity index (χ2n) is 5.73. The van der Waals surface area contributed by atoms with Crippen LogP contribution in [0, 0.1) is 6.92 Å². The molecule has 6 heteroatoms. The third-order valence-corrected chi connectivity index (χ3v) is 4.80. The van der Waals surface area contributed by atoms with Crippen LogP contribution in [0.25, 0.3) is 10.9 Å². The Kier molecular flexibility index (Phi) is 5.06. The van der Waals surface area contributed by atoms with Gasteiger partial charge in [0.25, 0.3) is 0 Å². The van der Waals surface area contributed by atoms with Crippen LogP contribution in [0.15, 0.2) is 40.9 Å². The standard InChI is InChI=1S/C19H17BrClNO3/c1-11-19(25-12(2)23)15-8-18(24-3)16(21)9-17(15)22(11)10-13-5-4-6-14(20)7-13/h4-9H,10H2,1-3H3. The molecule has 0 spiro atoms. The summed E-state index contributed by atoms with van der Waals surface area (Å²) < 4.78 is 13.9. The highest BCUT2D eigenvalue weighted by atomic mass is 79.9. The highest BCUT2D eigenvalue weighted by Gasteiger charge is 2.19. The molecule has 3 rings (SSSR count). The normalized spacial score (nSPS) is 10.9. The van der Waals surface area contributed by atoms with Gasteiger partial charge in [-0.3, -0.25) is 4.79 Å². The van der Waals surface area contributed by atoms with E-state index in [0.717, 1.165) is 26.6 Å². The Morgan fingerprint density at radius 3 is 2.68 bits per heavy atom. The van der Waals surface area contributed by atoms with E-state index < -0.39 is 0 Å². The Hall–Kier alpha value is -1.98. The predicted molar refractivity (Wildman–Crippen MR) is 103 cm³/mol. The van der Waals surface area contributed by atoms with Crippen molar-refractivity contribution in [2.75, 3.05) is 7.11 Å². The molecular weight excluding hydrogens is 406 g/mol. The van der Waals surface area contributed by atoms with Crippen LogP contribution in [0.2, 0.25) is 5.02 Å². The fraction of sp³-hybridized carbons (Fsp3) is 0.211. The molecule has 0 atom stereocenters. The Morgan fingerprint density at radius 2 is 2.04 bits per heavy atom. The van der Waals surface area contributed by atoms with Crippen LogP contribution in [0.5, 0.6) is 11.5 Å². The van der Waals surface area contributed by atoms with Gasteiger partial charge in [-0.15, -0.1) is 0 Å². The van der Waals surface area contributed by atoms with Crippen molar-refractivity contribution in [3.8, 4) is 11.5 Å². The van der Waals surface area contributed by atoms with E-state index >= 15 is 0 Å². The third-order valence-electron chi connectivity index (χ3n) is 4.01. The van der Waals surface area contributed by atoms with Crippen molar-refractivity contribution in [3.05, 3.63) is 57.2 Å². The van der Waals surface area contributed by atoms with Crippen molar-refractivity contribution in [2.24, 2.45) is 0 Å². The molecule has 0 aliphatic heterocycles. The molecule has 2 aromatic carbocycles. The van der Waals surface area contributed by atoms with Gasteiger partial charge in [0.1, 0.15) is 5.75 Å². The largest absolute Gasteiger partial charge is 0.495 e. The summed E-state index contributed by atoms with van der Waals surface area (Å²) in [6.45, 7) is 3.95. The number of ether oxygens (including phenoxy) is 2. The summed E-state index contributed by atoms with van der Waals surface area (Å²) in [4.78, 5) is 11.5. The molecule has 4 nitrogen and oxygen atoms in total. The van der Waals surface area contributed by atoms with Gasteiger partial charge >= 0.3 is 5.97 Å². The molecule has 0 N–H and O–H groups in total. The number of carbonyl (C=O) groups excluding carboxylic acids is 1. The molecule has 3 aromatic rings. The van der Waals surface area contributed by atoms with Crippen LogP contribution < -0.4 is 9.47 Å². The molecule has 0 bridgehead atoms. The van der Waals surface area contributed by atoms with E-state index in [1.54, 1.807) is 13.2 Å². The van der Waals surface area contributed by atoms with E-state index in [1.807, 2.05) is 31.2 Å². The second kappa shape index (κ2) is 7.10. The lowest BCUT2D eigenvalue weighted by Crippen LogP contribution is -2.05. The number of aromatic nitrogens is 1. The molecule has 25 heavy (non-hydrogen) atoms. The molecule has 0 amide bonds. The van der Waals surface area contributed by atoms with Crippen molar-refractivity contribution in [1.29, 1.82) is 0 Å². The number of carbonyl (C=O) groups is 1. The first kappa shape index (κ1) is 17.8. The maximum atomic E-state index is 11.5. The summed E-state index contributed by atoms with van der Waals surface area (Å²) in [7, 11) is 1.56. The second-order valence-corrected chi connectivity index (χ2v) is 7.05. The van der Waals surface area contributed by atoms with E-state index in [-0.39, 0.29) is 5.97 Å². The highest BCUT2D eigenvalue weighted by Crippen LogP contribution is 2.39. The summed E-state index contributed by atoms with van der Waals surface area (Å²) in [6, 6.07) is 11.7. The number of nitrogens with zero attached hydrogens (tertiary/aromatic N) is 1. The quantitative estimate of drug-likeness (QED) is 0.532. The van der Waals surface area contributed by atoms with Crippen LogP contribution in [-0.4, -0.2) is 17.6 Å². The summed E-state index contributed by atoms with van der Waals surface area (Å²) in [5, 5.41) is 1.31. The maximum Gasteiger partial charge on any atom is 0.308 e. The van der Waals surface area contributed by atoms with Crippen molar-refractivity contribution in [2.45, 2.75) is 20.4 Å². The summed E-state index contributed by atoms with van der Waals surface area (Å²) in [6.07, 6.45) is 0. The fourth-order valence-corrected chi connectivity index (χ4v) is 3.58. The third kappa shape index (κ3) is 3.53. The first-order chi connectivity index (χ1) is 11.9. The summed E-state index contributed by atoms with van der Waals surface area (Å²) in [5.41, 5.74) is 2.87. The van der Waals surface area contributed by atoms with Crippen molar-refractivity contribution in [1.82, 2.24) is 4.57 Å². The Morgan fingerprint density at radius 1 is 1.28 bits per heavy atom. The minimum atomic E-state index is -0.362. The number of halogens is 2. The zero-order chi connectivity index (χ0) is 18.1. The zero-order valence-corrected chi connectivity index (χ0v) is 16.4. The van der Waals surface area contributed by atoms with Gasteiger partial charge in [-0.2, -0.15) is 0 Å². The number of fused-ring (bicyclic) bond motifs is 1. The van der Waals surface area contributed by atoms with Crippen LogP contribution in [0.1, 0.15) is 18.2 Å². The molecule has 0 unspecified atom stereocenters. The zero-order valence-electron chi connectivity index (χ0n) is 14.1. The number of benzene rings is 2. The monoisotopic (exact) mass is 421 g/mol. The first-order valence-corrected chi connectivity index (χ1v) is 8.87. The van der Waals surface area contributed by atoms with Crippen LogP contribution in [-0.2, 0) is 11.3 Å².